The Bertz CT molecular complexity index is 1170. The normalized spacial score (nSPS) is 12.1. The number of nitrogens with zero attached hydrogens (tertiary/aromatic N) is 2. The van der Waals surface area contributed by atoms with Crippen LogP contribution < -0.4 is 5.32 Å². The quantitative estimate of drug-likeness (QED) is 0.477. The van der Waals surface area contributed by atoms with Gasteiger partial charge in [0.2, 0.25) is 0 Å². The van der Waals surface area contributed by atoms with Crippen LogP contribution in [-0.2, 0) is 0 Å². The molecule has 0 aliphatic heterocycles. The Morgan fingerprint density at radius 2 is 1.97 bits per heavy atom. The number of carbonyl (C=O) groups excluding carboxylic acids is 1. The third kappa shape index (κ3) is 3.75. The van der Waals surface area contributed by atoms with Gasteiger partial charge in [0.15, 0.2) is 0 Å². The van der Waals surface area contributed by atoms with Gasteiger partial charge < -0.3 is 15.4 Å². The molecular formula is C23H22N4O2. The average molecular weight is 386 g/mol. The highest BCUT2D eigenvalue weighted by Gasteiger charge is 2.16. The zero-order valence-corrected chi connectivity index (χ0v) is 16.3. The van der Waals surface area contributed by atoms with Gasteiger partial charge in [0, 0.05) is 36.2 Å². The minimum Gasteiger partial charge on any atom is -0.396 e. The SMILES string of the molecule is Cc1cc(C(C)CO)ccc1NC(=O)c1cccc2[nH]c(-c3ccncc3)nc12. The molecule has 6 heteroatoms. The Labute approximate surface area is 168 Å². The van der Waals surface area contributed by atoms with Gasteiger partial charge in [-0.25, -0.2) is 4.98 Å². The molecule has 4 rings (SSSR count). The molecule has 0 spiro atoms. The Morgan fingerprint density at radius 3 is 2.69 bits per heavy atom. The molecule has 2 aromatic carbocycles. The minimum absolute atomic E-state index is 0.0582. The van der Waals surface area contributed by atoms with Crippen LogP contribution in [-0.4, -0.2) is 32.6 Å². The number of aromatic nitrogens is 3. The van der Waals surface area contributed by atoms with E-state index >= 15 is 0 Å². The van der Waals surface area contributed by atoms with Crippen LogP contribution in [0.25, 0.3) is 22.4 Å². The molecule has 0 aliphatic rings. The van der Waals surface area contributed by atoms with Gasteiger partial charge in [-0.1, -0.05) is 25.1 Å². The molecule has 2 aromatic heterocycles. The molecule has 3 N–H and O–H groups in total. The van der Waals surface area contributed by atoms with Crippen LogP contribution >= 0.6 is 0 Å². The number of aliphatic hydroxyl groups excluding tert-OH is 1. The highest BCUT2D eigenvalue weighted by molar-refractivity contribution is 6.12. The van der Waals surface area contributed by atoms with Crippen molar-refractivity contribution in [2.24, 2.45) is 0 Å². The predicted octanol–water partition coefficient (Wildman–Crippen LogP) is 4.28. The lowest BCUT2D eigenvalue weighted by atomic mass is 9.99. The number of para-hydroxylation sites is 1. The van der Waals surface area contributed by atoms with E-state index in [0.29, 0.717) is 16.9 Å². The van der Waals surface area contributed by atoms with Gasteiger partial charge in [-0.3, -0.25) is 9.78 Å². The van der Waals surface area contributed by atoms with Crippen molar-refractivity contribution in [3.63, 3.8) is 0 Å². The number of carbonyl (C=O) groups is 1. The monoisotopic (exact) mass is 386 g/mol. The van der Waals surface area contributed by atoms with Crippen LogP contribution in [0, 0.1) is 6.92 Å². The molecule has 0 radical (unpaired) electrons. The molecule has 1 atom stereocenters. The second-order valence-electron chi connectivity index (χ2n) is 7.14. The fraction of sp³-hybridized carbons (Fsp3) is 0.174. The van der Waals surface area contributed by atoms with Crippen molar-refractivity contribution in [3.8, 4) is 11.4 Å². The smallest absolute Gasteiger partial charge is 0.257 e. The lowest BCUT2D eigenvalue weighted by molar-refractivity contribution is 0.102. The van der Waals surface area contributed by atoms with Crippen molar-refractivity contribution in [2.45, 2.75) is 19.8 Å². The van der Waals surface area contributed by atoms with E-state index in [9.17, 15) is 9.90 Å². The van der Waals surface area contributed by atoms with E-state index in [1.807, 2.05) is 56.3 Å². The molecule has 29 heavy (non-hydrogen) atoms. The van der Waals surface area contributed by atoms with Gasteiger partial charge in [-0.2, -0.15) is 0 Å². The summed E-state index contributed by atoms with van der Waals surface area (Å²) < 4.78 is 0. The van der Waals surface area contributed by atoms with Gasteiger partial charge >= 0.3 is 0 Å². The molecular weight excluding hydrogens is 364 g/mol. The van der Waals surface area contributed by atoms with E-state index in [4.69, 9.17) is 0 Å². The summed E-state index contributed by atoms with van der Waals surface area (Å²) in [5.41, 5.74) is 5.57. The lowest BCUT2D eigenvalue weighted by Gasteiger charge is -2.13. The number of benzene rings is 2. The number of rotatable bonds is 5. The third-order valence-electron chi connectivity index (χ3n) is 5.05. The van der Waals surface area contributed by atoms with Gasteiger partial charge in [-0.05, 0) is 48.4 Å². The summed E-state index contributed by atoms with van der Waals surface area (Å²) in [4.78, 5) is 24.9. The molecule has 0 saturated heterocycles. The summed E-state index contributed by atoms with van der Waals surface area (Å²) in [5, 5.41) is 12.3. The summed E-state index contributed by atoms with van der Waals surface area (Å²) in [5.74, 6) is 0.540. The standard InChI is InChI=1S/C23H22N4O2/c1-14-12-17(15(2)13-28)6-7-19(14)26-23(29)18-4-3-5-20-21(18)27-22(25-20)16-8-10-24-11-9-16/h3-12,15,28H,13H2,1-2H3,(H,25,27)(H,26,29). The maximum absolute atomic E-state index is 13.0. The number of pyridine rings is 1. The number of hydrogen-bond acceptors (Lipinski definition) is 4. The fourth-order valence-electron chi connectivity index (χ4n) is 3.29. The minimum atomic E-state index is -0.213. The number of hydrogen-bond donors (Lipinski definition) is 3. The average Bonchev–Trinajstić information content (AvgIpc) is 3.19. The summed E-state index contributed by atoms with van der Waals surface area (Å²) >= 11 is 0. The first-order chi connectivity index (χ1) is 14.1. The summed E-state index contributed by atoms with van der Waals surface area (Å²) in [6.45, 7) is 4.00. The van der Waals surface area contributed by atoms with Gasteiger partial charge in [-0.15, -0.1) is 0 Å². The zero-order chi connectivity index (χ0) is 20.4. The summed E-state index contributed by atoms with van der Waals surface area (Å²) in [7, 11) is 0. The van der Waals surface area contributed by atoms with E-state index in [-0.39, 0.29) is 18.4 Å². The lowest BCUT2D eigenvalue weighted by Crippen LogP contribution is -2.13. The van der Waals surface area contributed by atoms with E-state index < -0.39 is 0 Å². The van der Waals surface area contributed by atoms with Crippen molar-refractivity contribution in [1.29, 1.82) is 0 Å². The molecule has 0 aliphatic carbocycles. The number of nitrogens with one attached hydrogen (secondary N) is 2. The number of fused-ring (bicyclic) bond motifs is 1. The van der Waals surface area contributed by atoms with Crippen LogP contribution in [0.3, 0.4) is 0 Å². The number of H-pyrrole nitrogens is 1. The number of amides is 1. The molecule has 1 amide bonds. The Balaban J connectivity index is 1.65. The first kappa shape index (κ1) is 18.8. The second kappa shape index (κ2) is 7.85. The van der Waals surface area contributed by atoms with Gasteiger partial charge in [0.1, 0.15) is 11.3 Å². The van der Waals surface area contributed by atoms with E-state index in [0.717, 1.165) is 27.9 Å². The molecule has 0 fully saturated rings. The molecule has 0 bridgehead atoms. The topological polar surface area (TPSA) is 90.9 Å². The van der Waals surface area contributed by atoms with Gasteiger partial charge in [0.05, 0.1) is 11.1 Å². The highest BCUT2D eigenvalue weighted by atomic mass is 16.3. The Morgan fingerprint density at radius 1 is 1.17 bits per heavy atom. The summed E-state index contributed by atoms with van der Waals surface area (Å²) in [6, 6.07) is 15.1. The first-order valence-corrected chi connectivity index (χ1v) is 9.48. The maximum atomic E-state index is 13.0. The third-order valence-corrected chi connectivity index (χ3v) is 5.05. The zero-order valence-electron chi connectivity index (χ0n) is 16.3. The fourth-order valence-corrected chi connectivity index (χ4v) is 3.29. The number of aryl methyl sites for hydroxylation is 1. The van der Waals surface area contributed by atoms with Gasteiger partial charge in [0.25, 0.3) is 5.91 Å². The van der Waals surface area contributed by atoms with Crippen LogP contribution in [0.2, 0.25) is 0 Å². The number of imidazole rings is 1. The van der Waals surface area contributed by atoms with Crippen LogP contribution in [0.5, 0.6) is 0 Å². The molecule has 6 nitrogen and oxygen atoms in total. The van der Waals surface area contributed by atoms with E-state index in [1.165, 1.54) is 0 Å². The molecule has 2 heterocycles. The maximum Gasteiger partial charge on any atom is 0.257 e. The molecule has 0 saturated carbocycles. The first-order valence-electron chi connectivity index (χ1n) is 9.48. The van der Waals surface area contributed by atoms with Crippen molar-refractivity contribution in [3.05, 3.63) is 77.6 Å². The van der Waals surface area contributed by atoms with E-state index in [1.54, 1.807) is 18.5 Å². The number of aromatic amines is 1. The molecule has 4 aromatic rings. The van der Waals surface area contributed by atoms with Crippen molar-refractivity contribution in [2.75, 3.05) is 11.9 Å². The van der Waals surface area contributed by atoms with Crippen LogP contribution in [0.1, 0.15) is 34.3 Å². The van der Waals surface area contributed by atoms with Crippen LogP contribution in [0.4, 0.5) is 5.69 Å². The van der Waals surface area contributed by atoms with Crippen molar-refractivity contribution in [1.82, 2.24) is 15.0 Å². The Hall–Kier alpha value is -3.51. The van der Waals surface area contributed by atoms with Crippen molar-refractivity contribution >= 4 is 22.6 Å². The Kier molecular flexibility index (Phi) is 5.10. The van der Waals surface area contributed by atoms with Crippen LogP contribution in [0.15, 0.2) is 60.9 Å². The number of anilines is 1. The summed E-state index contributed by atoms with van der Waals surface area (Å²) in [6.07, 6.45) is 3.42. The largest absolute Gasteiger partial charge is 0.396 e. The molecule has 146 valence electrons. The van der Waals surface area contributed by atoms with Crippen molar-refractivity contribution < 1.29 is 9.90 Å². The van der Waals surface area contributed by atoms with E-state index in [2.05, 4.69) is 20.3 Å². The second-order valence-corrected chi connectivity index (χ2v) is 7.14. The highest BCUT2D eigenvalue weighted by Crippen LogP contribution is 2.25. The number of aliphatic hydroxyl groups is 1. The predicted molar refractivity (Wildman–Crippen MR) is 114 cm³/mol. The molecule has 1 unspecified atom stereocenters.